The van der Waals surface area contributed by atoms with Crippen molar-refractivity contribution in [1.82, 2.24) is 19.7 Å². The van der Waals surface area contributed by atoms with E-state index in [0.29, 0.717) is 18.1 Å². The van der Waals surface area contributed by atoms with Crippen LogP contribution in [0.25, 0.3) is 0 Å². The highest BCUT2D eigenvalue weighted by Gasteiger charge is 2.10. The Balaban J connectivity index is 2.30. The van der Waals surface area contributed by atoms with Crippen molar-refractivity contribution in [1.29, 1.82) is 0 Å². The zero-order chi connectivity index (χ0) is 13.1. The molecule has 96 valence electrons. The van der Waals surface area contributed by atoms with Crippen LogP contribution in [0.4, 0.5) is 11.8 Å². The number of aryl methyl sites for hydroxylation is 1. The Morgan fingerprint density at radius 1 is 1.39 bits per heavy atom. The second kappa shape index (κ2) is 4.91. The lowest BCUT2D eigenvalue weighted by molar-refractivity contribution is 0.389. The number of nitrogen functional groups attached to an aromatic ring is 2. The second-order valence-electron chi connectivity index (χ2n) is 3.81. The quantitative estimate of drug-likeness (QED) is 0.814. The lowest BCUT2D eigenvalue weighted by Gasteiger charge is -2.06. The lowest BCUT2D eigenvalue weighted by Crippen LogP contribution is -2.07. The number of rotatable bonds is 4. The third-order valence-corrected chi connectivity index (χ3v) is 2.64. The molecule has 0 radical (unpaired) electrons. The third kappa shape index (κ3) is 2.34. The largest absolute Gasteiger partial charge is 0.480 e. The molecule has 0 aliphatic carbocycles. The predicted molar refractivity (Wildman–Crippen MR) is 68.1 cm³/mol. The Kier molecular flexibility index (Phi) is 3.31. The van der Waals surface area contributed by atoms with Gasteiger partial charge in [-0.1, -0.05) is 0 Å². The topological polar surface area (TPSA) is 105 Å². The molecule has 2 rings (SSSR count). The van der Waals surface area contributed by atoms with Gasteiger partial charge < -0.3 is 16.2 Å². The highest BCUT2D eigenvalue weighted by atomic mass is 16.5. The van der Waals surface area contributed by atoms with Crippen molar-refractivity contribution in [3.63, 3.8) is 0 Å². The zero-order valence-corrected chi connectivity index (χ0v) is 10.4. The van der Waals surface area contributed by atoms with Crippen molar-refractivity contribution < 1.29 is 4.74 Å². The van der Waals surface area contributed by atoms with E-state index in [2.05, 4.69) is 15.1 Å². The summed E-state index contributed by atoms with van der Waals surface area (Å²) in [6.45, 7) is 2.77. The molecule has 7 nitrogen and oxygen atoms in total. The van der Waals surface area contributed by atoms with E-state index in [-0.39, 0.29) is 5.95 Å². The summed E-state index contributed by atoms with van der Waals surface area (Å²) in [5, 5.41) is 4.28. The van der Waals surface area contributed by atoms with Crippen molar-refractivity contribution in [3.05, 3.63) is 23.5 Å². The summed E-state index contributed by atoms with van der Waals surface area (Å²) in [4.78, 5) is 7.88. The summed E-state index contributed by atoms with van der Waals surface area (Å²) in [5.41, 5.74) is 13.1. The minimum absolute atomic E-state index is 0.179. The monoisotopic (exact) mass is 248 g/mol. The number of ether oxygens (including phenoxy) is 1. The molecule has 0 aliphatic rings. The van der Waals surface area contributed by atoms with Crippen LogP contribution in [0.2, 0.25) is 0 Å². The van der Waals surface area contributed by atoms with E-state index in [1.165, 1.54) is 0 Å². The molecule has 2 aromatic rings. The maximum absolute atomic E-state index is 5.81. The third-order valence-electron chi connectivity index (χ3n) is 2.64. The molecule has 0 saturated heterocycles. The first-order valence-electron chi connectivity index (χ1n) is 5.61. The van der Waals surface area contributed by atoms with Gasteiger partial charge in [-0.25, -0.2) is 4.98 Å². The van der Waals surface area contributed by atoms with Gasteiger partial charge in [0.2, 0.25) is 11.8 Å². The molecule has 0 spiro atoms. The van der Waals surface area contributed by atoms with E-state index < -0.39 is 0 Å². The molecule has 18 heavy (non-hydrogen) atoms. The molecule has 0 aromatic carbocycles. The molecule has 0 saturated carbocycles. The molecule has 0 amide bonds. The minimum Gasteiger partial charge on any atom is -0.480 e. The van der Waals surface area contributed by atoms with E-state index in [1.807, 2.05) is 17.7 Å². The molecular weight excluding hydrogens is 232 g/mol. The van der Waals surface area contributed by atoms with Gasteiger partial charge in [-0.2, -0.15) is 4.98 Å². The SMILES string of the molecule is CCn1nc(OC)cc1Cc1cnc(N)nc1N. The molecule has 0 unspecified atom stereocenters. The van der Waals surface area contributed by atoms with Crippen molar-refractivity contribution >= 4 is 11.8 Å². The molecule has 4 N–H and O–H groups in total. The van der Waals surface area contributed by atoms with Crippen molar-refractivity contribution in [3.8, 4) is 5.88 Å². The number of hydrogen-bond acceptors (Lipinski definition) is 6. The normalized spacial score (nSPS) is 10.6. The Morgan fingerprint density at radius 3 is 2.78 bits per heavy atom. The highest BCUT2D eigenvalue weighted by Crippen LogP contribution is 2.18. The van der Waals surface area contributed by atoms with Crippen molar-refractivity contribution in [2.24, 2.45) is 0 Å². The summed E-state index contributed by atoms with van der Waals surface area (Å²) < 4.78 is 6.97. The maximum Gasteiger partial charge on any atom is 0.232 e. The molecule has 2 heterocycles. The van der Waals surface area contributed by atoms with Crippen LogP contribution in [0, 0.1) is 0 Å². The van der Waals surface area contributed by atoms with Gasteiger partial charge in [0, 0.05) is 36.5 Å². The van der Waals surface area contributed by atoms with E-state index >= 15 is 0 Å². The number of anilines is 2. The number of aromatic nitrogens is 4. The van der Waals surface area contributed by atoms with Crippen LogP contribution in [0.1, 0.15) is 18.2 Å². The number of nitrogens with zero attached hydrogens (tertiary/aromatic N) is 4. The first-order valence-corrected chi connectivity index (χ1v) is 5.61. The van der Waals surface area contributed by atoms with Crippen LogP contribution in [0.15, 0.2) is 12.3 Å². The van der Waals surface area contributed by atoms with Crippen LogP contribution >= 0.6 is 0 Å². The van der Waals surface area contributed by atoms with E-state index in [1.54, 1.807) is 13.3 Å². The standard InChI is InChI=1S/C11H16N6O/c1-3-17-8(5-9(16-17)18-2)4-7-6-14-11(13)15-10(7)12/h5-6H,3-4H2,1-2H3,(H4,12,13,14,15). The Labute approximate surface area is 105 Å². The van der Waals surface area contributed by atoms with Crippen molar-refractivity contribution in [2.45, 2.75) is 19.9 Å². The zero-order valence-electron chi connectivity index (χ0n) is 10.4. The van der Waals surface area contributed by atoms with Gasteiger partial charge in [-0.3, -0.25) is 4.68 Å². The van der Waals surface area contributed by atoms with Gasteiger partial charge in [-0.15, -0.1) is 5.10 Å². The second-order valence-corrected chi connectivity index (χ2v) is 3.81. The molecule has 2 aromatic heterocycles. The predicted octanol–water partition coefficient (Wildman–Crippen LogP) is 0.457. The summed E-state index contributed by atoms with van der Waals surface area (Å²) >= 11 is 0. The molecule has 0 fully saturated rings. The maximum atomic E-state index is 5.81. The summed E-state index contributed by atoms with van der Waals surface area (Å²) in [6, 6.07) is 1.87. The van der Waals surface area contributed by atoms with Crippen LogP contribution in [0.3, 0.4) is 0 Å². The van der Waals surface area contributed by atoms with Gasteiger partial charge in [0.1, 0.15) is 5.82 Å². The summed E-state index contributed by atoms with van der Waals surface area (Å²) in [6.07, 6.45) is 2.23. The minimum atomic E-state index is 0.179. The molecular formula is C11H16N6O. The number of nitrogens with two attached hydrogens (primary N) is 2. The molecule has 7 heteroatoms. The highest BCUT2D eigenvalue weighted by molar-refractivity contribution is 5.43. The average Bonchev–Trinajstić information content (AvgIpc) is 2.75. The van der Waals surface area contributed by atoms with Gasteiger partial charge in [-0.05, 0) is 6.92 Å². The van der Waals surface area contributed by atoms with Crippen LogP contribution < -0.4 is 16.2 Å². The van der Waals surface area contributed by atoms with Gasteiger partial charge in [0.05, 0.1) is 7.11 Å². The molecule has 0 aliphatic heterocycles. The Bertz CT molecular complexity index is 550. The average molecular weight is 248 g/mol. The lowest BCUT2D eigenvalue weighted by atomic mass is 10.1. The first-order chi connectivity index (χ1) is 8.63. The fourth-order valence-corrected chi connectivity index (χ4v) is 1.71. The fourth-order valence-electron chi connectivity index (χ4n) is 1.71. The van der Waals surface area contributed by atoms with Gasteiger partial charge >= 0.3 is 0 Å². The Morgan fingerprint density at radius 2 is 2.17 bits per heavy atom. The van der Waals surface area contributed by atoms with E-state index in [0.717, 1.165) is 17.8 Å². The molecule has 0 atom stereocenters. The van der Waals surface area contributed by atoms with Crippen molar-refractivity contribution in [2.75, 3.05) is 18.6 Å². The Hall–Kier alpha value is -2.31. The van der Waals surface area contributed by atoms with Crippen LogP contribution in [-0.2, 0) is 13.0 Å². The van der Waals surface area contributed by atoms with Gasteiger partial charge in [0.25, 0.3) is 0 Å². The summed E-state index contributed by atoms with van der Waals surface area (Å²) in [7, 11) is 1.59. The van der Waals surface area contributed by atoms with Crippen LogP contribution in [-0.4, -0.2) is 26.9 Å². The number of methoxy groups -OCH3 is 1. The summed E-state index contributed by atoms with van der Waals surface area (Å²) in [5.74, 6) is 1.16. The first kappa shape index (κ1) is 12.2. The van der Waals surface area contributed by atoms with Crippen LogP contribution in [0.5, 0.6) is 5.88 Å². The van der Waals surface area contributed by atoms with E-state index in [4.69, 9.17) is 16.2 Å². The fraction of sp³-hybridized carbons (Fsp3) is 0.364. The molecule has 0 bridgehead atoms. The van der Waals surface area contributed by atoms with E-state index in [9.17, 15) is 0 Å². The van der Waals surface area contributed by atoms with Gasteiger partial charge in [0.15, 0.2) is 0 Å². The smallest absolute Gasteiger partial charge is 0.232 e. The number of hydrogen-bond donors (Lipinski definition) is 2.